The van der Waals surface area contributed by atoms with Crippen LogP contribution in [0.5, 0.6) is 5.75 Å². The summed E-state index contributed by atoms with van der Waals surface area (Å²) in [7, 11) is -3.42. The van der Waals surface area contributed by atoms with Crippen LogP contribution >= 0.6 is 0 Å². The van der Waals surface area contributed by atoms with E-state index in [1.165, 1.54) is 16.9 Å². The minimum absolute atomic E-state index is 0.253. The number of aromatic nitrogens is 1. The number of rotatable bonds is 7. The van der Waals surface area contributed by atoms with Crippen LogP contribution in [0.2, 0.25) is 0 Å². The highest BCUT2D eigenvalue weighted by Gasteiger charge is 2.27. The maximum Gasteiger partial charge on any atom is 0.244 e. The van der Waals surface area contributed by atoms with Crippen LogP contribution in [0, 0.1) is 0 Å². The average molecular weight is 388 g/mol. The number of hydrogen-bond acceptors (Lipinski definition) is 5. The Hall–Kier alpha value is -2.12. The number of ether oxygens (including phenoxy) is 1. The lowest BCUT2D eigenvalue weighted by molar-refractivity contribution is 0.119. The number of benzene rings is 1. The largest absolute Gasteiger partial charge is 0.490 e. The number of pyridine rings is 1. The first-order valence-electron chi connectivity index (χ1n) is 9.57. The summed E-state index contributed by atoms with van der Waals surface area (Å²) in [5.41, 5.74) is 1.07. The normalized spacial score (nSPS) is 18.2. The first kappa shape index (κ1) is 18.3. The summed E-state index contributed by atoms with van der Waals surface area (Å²) in [6, 6.07) is 11.3. The smallest absolute Gasteiger partial charge is 0.244 e. The van der Waals surface area contributed by atoms with E-state index in [9.17, 15) is 8.42 Å². The highest BCUT2D eigenvalue weighted by Crippen LogP contribution is 2.28. The summed E-state index contributed by atoms with van der Waals surface area (Å²) in [4.78, 5) is 4.55. The summed E-state index contributed by atoms with van der Waals surface area (Å²) >= 11 is 0. The first-order valence-corrected chi connectivity index (χ1v) is 11.0. The third-order valence-corrected chi connectivity index (χ3v) is 7.10. The van der Waals surface area contributed by atoms with Gasteiger partial charge in [0.25, 0.3) is 0 Å². The van der Waals surface area contributed by atoms with E-state index >= 15 is 0 Å². The Morgan fingerprint density at radius 1 is 1.07 bits per heavy atom. The van der Waals surface area contributed by atoms with E-state index in [1.807, 2.05) is 24.3 Å². The Balaban J connectivity index is 1.41. The van der Waals surface area contributed by atoms with Crippen LogP contribution in [0.25, 0.3) is 0 Å². The van der Waals surface area contributed by atoms with Crippen LogP contribution in [0.15, 0.2) is 47.5 Å². The first-order chi connectivity index (χ1) is 13.1. The average Bonchev–Trinajstić information content (AvgIpc) is 3.20. The molecule has 6 nitrogen and oxygen atoms in total. The highest BCUT2D eigenvalue weighted by molar-refractivity contribution is 7.89. The molecule has 1 aliphatic heterocycles. The molecule has 0 spiro atoms. The van der Waals surface area contributed by atoms with Gasteiger partial charge in [-0.25, -0.2) is 13.4 Å². The van der Waals surface area contributed by atoms with E-state index in [0.717, 1.165) is 37.0 Å². The van der Waals surface area contributed by atoms with Crippen LogP contribution in [0.3, 0.4) is 0 Å². The molecule has 1 N–H and O–H groups in total. The van der Waals surface area contributed by atoms with E-state index in [-0.39, 0.29) is 4.90 Å². The van der Waals surface area contributed by atoms with Gasteiger partial charge in [-0.2, -0.15) is 4.31 Å². The lowest BCUT2D eigenvalue weighted by atomic mass is 9.96. The number of anilines is 1. The van der Waals surface area contributed by atoms with Crippen LogP contribution in [-0.4, -0.2) is 36.9 Å². The predicted molar refractivity (Wildman–Crippen MR) is 104 cm³/mol. The maximum absolute atomic E-state index is 12.6. The fourth-order valence-electron chi connectivity index (χ4n) is 3.33. The van der Waals surface area contributed by atoms with Crippen molar-refractivity contribution in [2.45, 2.75) is 49.6 Å². The second-order valence-corrected chi connectivity index (χ2v) is 9.06. The molecule has 27 heavy (non-hydrogen) atoms. The molecule has 0 unspecified atom stereocenters. The molecule has 0 radical (unpaired) electrons. The van der Waals surface area contributed by atoms with Crippen molar-refractivity contribution < 1.29 is 13.2 Å². The summed E-state index contributed by atoms with van der Waals surface area (Å²) in [6.07, 6.45) is 7.10. The number of hydrogen-bond donors (Lipinski definition) is 1. The van der Waals surface area contributed by atoms with E-state index in [2.05, 4.69) is 10.3 Å². The third kappa shape index (κ3) is 4.09. The van der Waals surface area contributed by atoms with Crippen LogP contribution < -0.4 is 10.1 Å². The molecule has 1 aliphatic carbocycles. The van der Waals surface area contributed by atoms with Crippen molar-refractivity contribution in [1.82, 2.24) is 9.29 Å². The number of nitrogens with zero attached hydrogens (tertiary/aromatic N) is 2. The van der Waals surface area contributed by atoms with Crippen molar-refractivity contribution in [3.8, 4) is 5.75 Å². The van der Waals surface area contributed by atoms with Crippen molar-refractivity contribution in [3.63, 3.8) is 0 Å². The second kappa shape index (κ2) is 7.86. The van der Waals surface area contributed by atoms with Gasteiger partial charge in [0.05, 0.1) is 6.10 Å². The second-order valence-electron chi connectivity index (χ2n) is 7.12. The molecule has 144 valence electrons. The molecular formula is C20H25N3O3S. The lowest BCUT2D eigenvalue weighted by Gasteiger charge is -2.27. The van der Waals surface area contributed by atoms with Crippen LogP contribution in [0.1, 0.15) is 37.7 Å². The number of para-hydroxylation sites is 1. The van der Waals surface area contributed by atoms with Gasteiger partial charge in [0.1, 0.15) is 16.5 Å². The zero-order chi connectivity index (χ0) is 18.7. The van der Waals surface area contributed by atoms with Gasteiger partial charge in [-0.3, -0.25) is 0 Å². The van der Waals surface area contributed by atoms with Crippen LogP contribution in [0.4, 0.5) is 5.82 Å². The quantitative estimate of drug-likeness (QED) is 0.788. The topological polar surface area (TPSA) is 71.5 Å². The van der Waals surface area contributed by atoms with Crippen molar-refractivity contribution in [2.75, 3.05) is 18.4 Å². The number of nitrogens with one attached hydrogen (secondary N) is 1. The maximum atomic E-state index is 12.6. The molecule has 1 aromatic heterocycles. The van der Waals surface area contributed by atoms with Gasteiger partial charge in [0.15, 0.2) is 0 Å². The Kier molecular flexibility index (Phi) is 5.31. The lowest BCUT2D eigenvalue weighted by Crippen LogP contribution is -2.27. The molecule has 0 bridgehead atoms. The number of sulfonamides is 1. The van der Waals surface area contributed by atoms with Gasteiger partial charge in [-0.05, 0) is 50.3 Å². The van der Waals surface area contributed by atoms with E-state index in [1.54, 1.807) is 12.1 Å². The predicted octanol–water partition coefficient (Wildman–Crippen LogP) is 3.41. The molecule has 2 fully saturated rings. The zero-order valence-electron chi connectivity index (χ0n) is 15.3. The Bertz CT molecular complexity index is 874. The Morgan fingerprint density at radius 3 is 2.52 bits per heavy atom. The summed E-state index contributed by atoms with van der Waals surface area (Å²) in [6.45, 7) is 1.77. The Labute approximate surface area is 160 Å². The summed E-state index contributed by atoms with van der Waals surface area (Å²) < 4.78 is 32.7. The highest BCUT2D eigenvalue weighted by atomic mass is 32.2. The molecule has 0 atom stereocenters. The van der Waals surface area contributed by atoms with Gasteiger partial charge >= 0.3 is 0 Å². The van der Waals surface area contributed by atoms with Crippen molar-refractivity contribution >= 4 is 15.8 Å². The van der Waals surface area contributed by atoms with Gasteiger partial charge in [0, 0.05) is 31.4 Å². The van der Waals surface area contributed by atoms with Crippen LogP contribution in [-0.2, 0) is 16.6 Å². The van der Waals surface area contributed by atoms with Gasteiger partial charge in [-0.15, -0.1) is 0 Å². The monoisotopic (exact) mass is 387 g/mol. The minimum Gasteiger partial charge on any atom is -0.490 e. The molecular weight excluding hydrogens is 362 g/mol. The zero-order valence-corrected chi connectivity index (χ0v) is 16.1. The SMILES string of the molecule is O=S(=O)(c1ccc(NCc2ccccc2OC2CCC2)nc1)N1CCCC1. The summed E-state index contributed by atoms with van der Waals surface area (Å²) in [5, 5.41) is 3.26. The van der Waals surface area contributed by atoms with Gasteiger partial charge in [-0.1, -0.05) is 18.2 Å². The fourth-order valence-corrected chi connectivity index (χ4v) is 4.80. The van der Waals surface area contributed by atoms with Gasteiger partial charge in [0.2, 0.25) is 10.0 Å². The minimum atomic E-state index is -3.42. The molecule has 2 aliphatic rings. The van der Waals surface area contributed by atoms with Crippen molar-refractivity contribution in [2.24, 2.45) is 0 Å². The van der Waals surface area contributed by atoms with Crippen molar-refractivity contribution in [1.29, 1.82) is 0 Å². The Morgan fingerprint density at radius 2 is 1.85 bits per heavy atom. The molecule has 1 aromatic carbocycles. The molecule has 7 heteroatoms. The van der Waals surface area contributed by atoms with E-state index in [4.69, 9.17) is 4.74 Å². The molecule has 1 saturated heterocycles. The fraction of sp³-hybridized carbons (Fsp3) is 0.450. The van der Waals surface area contributed by atoms with Gasteiger partial charge < -0.3 is 10.1 Å². The van der Waals surface area contributed by atoms with E-state index in [0.29, 0.717) is 31.6 Å². The molecule has 2 aromatic rings. The molecule has 0 amide bonds. The molecule has 2 heterocycles. The standard InChI is InChI=1S/C20H25N3O3S/c24-27(25,23-12-3-4-13-23)18-10-11-20(22-15-18)21-14-16-6-1-2-9-19(16)26-17-7-5-8-17/h1-2,6,9-11,15,17H,3-5,7-8,12-14H2,(H,21,22). The molecule has 1 saturated carbocycles. The molecule has 4 rings (SSSR count). The van der Waals surface area contributed by atoms with E-state index < -0.39 is 10.0 Å². The van der Waals surface area contributed by atoms with Crippen molar-refractivity contribution in [3.05, 3.63) is 48.2 Å². The summed E-state index contributed by atoms with van der Waals surface area (Å²) in [5.74, 6) is 1.55. The third-order valence-electron chi connectivity index (χ3n) is 5.22.